The summed E-state index contributed by atoms with van der Waals surface area (Å²) in [5.74, 6) is 2.18. The Hall–Kier alpha value is -2.24. The fraction of sp³-hybridized carbons (Fsp3) is 0.833. The second kappa shape index (κ2) is 35.2. The minimum absolute atomic E-state index is 0.551. The summed E-state index contributed by atoms with van der Waals surface area (Å²) < 4.78 is 11.1. The average molecular weight is 765 g/mol. The van der Waals surface area contributed by atoms with E-state index in [1.807, 2.05) is 55.4 Å². The van der Waals surface area contributed by atoms with Gasteiger partial charge >= 0.3 is 0 Å². The normalized spacial score (nSPS) is 15.9. The van der Waals surface area contributed by atoms with Crippen LogP contribution in [0.15, 0.2) is 45.5 Å². The maximum absolute atomic E-state index is 5.62. The van der Waals surface area contributed by atoms with Gasteiger partial charge in [-0.25, -0.2) is 0 Å². The first-order chi connectivity index (χ1) is 25.5. The van der Waals surface area contributed by atoms with Crippen LogP contribution in [-0.4, -0.2) is 83.2 Å². The van der Waals surface area contributed by atoms with E-state index in [1.165, 1.54) is 67.5 Å². The summed E-state index contributed by atoms with van der Waals surface area (Å²) in [6.07, 6.45) is 7.83. The molecule has 0 aliphatic carbocycles. The Kier molecular flexibility index (Phi) is 38.1. The third-order valence-corrected chi connectivity index (χ3v) is 8.95. The molecule has 0 atom stereocenters. The Bertz CT molecular complexity index is 937. The zero-order valence-electron chi connectivity index (χ0n) is 41.4. The van der Waals surface area contributed by atoms with E-state index in [9.17, 15) is 0 Å². The van der Waals surface area contributed by atoms with Gasteiger partial charge < -0.3 is 29.1 Å². The minimum atomic E-state index is 0.551. The van der Waals surface area contributed by atoms with Gasteiger partial charge in [-0.1, -0.05) is 66.5 Å². The van der Waals surface area contributed by atoms with Crippen LogP contribution in [0.4, 0.5) is 0 Å². The first-order valence-corrected chi connectivity index (χ1v) is 22.5. The number of allylic oxidation sites excluding steroid dienone is 6. The summed E-state index contributed by atoms with van der Waals surface area (Å²) in [5, 5.41) is 0. The van der Waals surface area contributed by atoms with Crippen molar-refractivity contribution < 1.29 is 9.47 Å². The predicted octanol–water partition coefficient (Wildman–Crippen LogP) is 14.4. The standard InChI is InChI=1S/C11H21N.C10H19NO.C10H19N.C9H17NO.4C2H6/c1-9(2)11-7-5-6-8-12(11)10(3)4;1-8(2)10-11(9(3)4)6-5-7-12-10;1-8(2)10-6-5-7-11(10)9(3)4;1-7(2)9-10(8(3)4)5-6-11-9;4*1-2/h10H,5-8H2,1-4H3;9H,5-7H2,1-4H3;9H,5-7H2,1-4H3;8H,5-6H2,1-4H3;4*1-2H3. The van der Waals surface area contributed by atoms with Crippen LogP contribution in [0.1, 0.15) is 205 Å². The Labute approximate surface area is 341 Å². The molecule has 4 heterocycles. The first kappa shape index (κ1) is 58.5. The molecule has 0 aromatic heterocycles. The van der Waals surface area contributed by atoms with Crippen LogP contribution in [0, 0.1) is 0 Å². The molecule has 4 fully saturated rings. The fourth-order valence-corrected chi connectivity index (χ4v) is 6.62. The van der Waals surface area contributed by atoms with Crippen molar-refractivity contribution in [3.05, 3.63) is 45.5 Å². The summed E-state index contributed by atoms with van der Waals surface area (Å²) in [4.78, 5) is 9.71. The third-order valence-electron chi connectivity index (χ3n) is 8.95. The van der Waals surface area contributed by atoms with Crippen molar-refractivity contribution in [3.8, 4) is 0 Å². The average Bonchev–Trinajstić information content (AvgIpc) is 3.88. The first-order valence-electron chi connectivity index (χ1n) is 22.5. The molecule has 324 valence electrons. The molecule has 6 heteroatoms. The summed E-state index contributed by atoms with van der Waals surface area (Å²) in [7, 11) is 0. The highest BCUT2D eigenvalue weighted by Crippen LogP contribution is 2.27. The van der Waals surface area contributed by atoms with Crippen molar-refractivity contribution in [2.45, 2.75) is 229 Å². The number of hydrogen-bond donors (Lipinski definition) is 0. The second-order valence-corrected chi connectivity index (χ2v) is 15.3. The van der Waals surface area contributed by atoms with E-state index >= 15 is 0 Å². The van der Waals surface area contributed by atoms with Gasteiger partial charge in [0.15, 0.2) is 11.8 Å². The van der Waals surface area contributed by atoms with Crippen LogP contribution in [0.3, 0.4) is 0 Å². The lowest BCUT2D eigenvalue weighted by atomic mass is 10.0. The molecule has 0 spiro atoms. The minimum Gasteiger partial charge on any atom is -0.479 e. The Morgan fingerprint density at radius 1 is 0.370 bits per heavy atom. The number of nitrogens with zero attached hydrogens (tertiary/aromatic N) is 4. The van der Waals surface area contributed by atoms with Crippen LogP contribution in [0.5, 0.6) is 0 Å². The van der Waals surface area contributed by atoms with Gasteiger partial charge in [0.05, 0.1) is 13.2 Å². The lowest BCUT2D eigenvalue weighted by Gasteiger charge is -2.36. The van der Waals surface area contributed by atoms with Crippen LogP contribution in [0.2, 0.25) is 0 Å². The van der Waals surface area contributed by atoms with Crippen molar-refractivity contribution in [1.29, 1.82) is 0 Å². The summed E-state index contributed by atoms with van der Waals surface area (Å²) in [5.41, 5.74) is 8.73. The molecule has 0 unspecified atom stereocenters. The van der Waals surface area contributed by atoms with Crippen LogP contribution in [0.25, 0.3) is 0 Å². The van der Waals surface area contributed by atoms with Gasteiger partial charge in [0, 0.05) is 55.2 Å². The zero-order chi connectivity index (χ0) is 43.1. The third kappa shape index (κ3) is 23.0. The van der Waals surface area contributed by atoms with Gasteiger partial charge in [-0.15, -0.1) is 0 Å². The number of rotatable bonds is 4. The van der Waals surface area contributed by atoms with Crippen molar-refractivity contribution in [1.82, 2.24) is 19.6 Å². The lowest BCUT2D eigenvalue weighted by Crippen LogP contribution is -2.37. The van der Waals surface area contributed by atoms with Gasteiger partial charge in [-0.2, -0.15) is 0 Å². The van der Waals surface area contributed by atoms with E-state index in [1.54, 1.807) is 11.4 Å². The van der Waals surface area contributed by atoms with E-state index in [-0.39, 0.29) is 0 Å². The second-order valence-electron chi connectivity index (χ2n) is 15.3. The largest absolute Gasteiger partial charge is 0.479 e. The van der Waals surface area contributed by atoms with Crippen molar-refractivity contribution in [2.75, 3.05) is 39.4 Å². The highest BCUT2D eigenvalue weighted by atomic mass is 16.5. The van der Waals surface area contributed by atoms with Gasteiger partial charge in [0.25, 0.3) is 0 Å². The lowest BCUT2D eigenvalue weighted by molar-refractivity contribution is 0.0442. The molecule has 0 aromatic rings. The number of hydrogen-bond acceptors (Lipinski definition) is 6. The van der Waals surface area contributed by atoms with Crippen LogP contribution < -0.4 is 0 Å². The molecule has 0 N–H and O–H groups in total. The fourth-order valence-electron chi connectivity index (χ4n) is 6.62. The maximum Gasteiger partial charge on any atom is 0.188 e. The molecule has 0 amide bonds. The zero-order valence-corrected chi connectivity index (χ0v) is 41.4. The Balaban J connectivity index is -0.000000290. The van der Waals surface area contributed by atoms with Crippen molar-refractivity contribution >= 4 is 0 Å². The number of piperidine rings is 1. The van der Waals surface area contributed by atoms with E-state index < -0.39 is 0 Å². The topological polar surface area (TPSA) is 31.4 Å². The Morgan fingerprint density at radius 3 is 1.00 bits per heavy atom. The van der Waals surface area contributed by atoms with E-state index in [2.05, 4.69) is 130 Å². The molecule has 4 aliphatic rings. The SMILES string of the molecule is CC.CC.CC.CC.CC(C)=C1CCCCN1C(C)C.CC(C)=C1CCCN1C(C)C.CC(C)=C1OCCCN1C(C)C.CC(C)=C1OCCN1C(C)C. The summed E-state index contributed by atoms with van der Waals surface area (Å²) in [6.45, 7) is 57.6. The van der Waals surface area contributed by atoms with E-state index in [0.29, 0.717) is 24.2 Å². The highest BCUT2D eigenvalue weighted by molar-refractivity contribution is 5.13. The molecule has 54 heavy (non-hydrogen) atoms. The van der Waals surface area contributed by atoms with Crippen LogP contribution >= 0.6 is 0 Å². The Morgan fingerprint density at radius 2 is 0.685 bits per heavy atom. The van der Waals surface area contributed by atoms with E-state index in [0.717, 1.165) is 44.5 Å². The number of ether oxygens (including phenoxy) is 2. The molecule has 6 nitrogen and oxygen atoms in total. The van der Waals surface area contributed by atoms with Gasteiger partial charge in [-0.3, -0.25) is 0 Å². The highest BCUT2D eigenvalue weighted by Gasteiger charge is 2.22. The van der Waals surface area contributed by atoms with Gasteiger partial charge in [0.1, 0.15) is 6.61 Å². The quantitative estimate of drug-likeness (QED) is 0.283. The molecule has 4 aliphatic heterocycles. The van der Waals surface area contributed by atoms with Crippen LogP contribution in [-0.2, 0) is 9.47 Å². The molecule has 0 bridgehead atoms. The predicted molar refractivity (Wildman–Crippen MR) is 246 cm³/mol. The number of likely N-dealkylation sites (tertiary alicyclic amines) is 2. The monoisotopic (exact) mass is 765 g/mol. The molecule has 0 aromatic carbocycles. The van der Waals surface area contributed by atoms with E-state index in [4.69, 9.17) is 9.47 Å². The summed E-state index contributed by atoms with van der Waals surface area (Å²) in [6, 6.07) is 2.47. The molecule has 0 saturated carbocycles. The summed E-state index contributed by atoms with van der Waals surface area (Å²) >= 11 is 0. The molecule has 4 rings (SSSR count). The molecular formula is C48H100N4O2. The van der Waals surface area contributed by atoms with Crippen molar-refractivity contribution in [3.63, 3.8) is 0 Å². The maximum atomic E-state index is 5.62. The molecule has 0 radical (unpaired) electrons. The van der Waals surface area contributed by atoms with Gasteiger partial charge in [-0.05, 0) is 160 Å². The smallest absolute Gasteiger partial charge is 0.188 e. The van der Waals surface area contributed by atoms with Crippen molar-refractivity contribution in [2.24, 2.45) is 0 Å². The van der Waals surface area contributed by atoms with Gasteiger partial charge in [0.2, 0.25) is 0 Å². The molecular weight excluding hydrogens is 665 g/mol. The molecule has 4 saturated heterocycles.